The van der Waals surface area contributed by atoms with Crippen LogP contribution in [-0.2, 0) is 15.8 Å². The molecule has 2 heterocycles. The highest BCUT2D eigenvalue weighted by atomic mass is 32.2. The molecule has 0 N–H and O–H groups in total. The van der Waals surface area contributed by atoms with Crippen molar-refractivity contribution in [2.45, 2.75) is 24.7 Å². The first-order valence-electron chi connectivity index (χ1n) is 8.22. The molecule has 8 heteroatoms. The fraction of sp³-hybridized carbons (Fsp3) is 0.333. The van der Waals surface area contributed by atoms with Gasteiger partial charge in [0, 0.05) is 19.3 Å². The Hall–Kier alpha value is -2.50. The highest BCUT2D eigenvalue weighted by Gasteiger charge is 2.29. The standard InChI is InChI=1S/C18H18FN3O3S/c19-16-5-3-14(4-6-16)13-26(23,24)22-10-7-17(8-11-22)25-18-15(12-20)2-1-9-21-18/h1-6,9,17H,7-8,10-11,13H2. The van der Waals surface area contributed by atoms with Crippen molar-refractivity contribution in [2.24, 2.45) is 0 Å². The van der Waals surface area contributed by atoms with Gasteiger partial charge in [0.05, 0.1) is 5.75 Å². The van der Waals surface area contributed by atoms with Gasteiger partial charge in [0.1, 0.15) is 23.6 Å². The molecule has 1 aromatic carbocycles. The van der Waals surface area contributed by atoms with Crippen molar-refractivity contribution in [3.8, 4) is 11.9 Å². The Morgan fingerprint density at radius 3 is 2.58 bits per heavy atom. The number of nitriles is 1. The largest absolute Gasteiger partial charge is 0.473 e. The molecule has 0 aliphatic carbocycles. The number of halogens is 1. The molecule has 0 radical (unpaired) electrons. The van der Waals surface area contributed by atoms with Crippen molar-refractivity contribution in [1.29, 1.82) is 5.26 Å². The minimum Gasteiger partial charge on any atom is -0.473 e. The average molecular weight is 375 g/mol. The van der Waals surface area contributed by atoms with Gasteiger partial charge in [-0.2, -0.15) is 5.26 Å². The average Bonchev–Trinajstić information content (AvgIpc) is 2.64. The van der Waals surface area contributed by atoms with Crippen LogP contribution in [0.5, 0.6) is 5.88 Å². The van der Waals surface area contributed by atoms with E-state index in [0.717, 1.165) is 0 Å². The number of pyridine rings is 1. The number of nitrogens with zero attached hydrogens (tertiary/aromatic N) is 3. The third-order valence-electron chi connectivity index (χ3n) is 4.23. The van der Waals surface area contributed by atoms with Gasteiger partial charge >= 0.3 is 0 Å². The third-order valence-corrected chi connectivity index (χ3v) is 6.08. The molecule has 1 aliphatic rings. The maximum atomic E-state index is 13.0. The Morgan fingerprint density at radius 2 is 1.92 bits per heavy atom. The van der Waals surface area contributed by atoms with E-state index in [0.29, 0.717) is 37.1 Å². The fourth-order valence-corrected chi connectivity index (χ4v) is 4.40. The molecular formula is C18H18FN3O3S. The first kappa shape index (κ1) is 18.3. The number of benzene rings is 1. The van der Waals surface area contributed by atoms with Gasteiger partial charge in [0.25, 0.3) is 0 Å². The van der Waals surface area contributed by atoms with Crippen molar-refractivity contribution in [3.63, 3.8) is 0 Å². The van der Waals surface area contributed by atoms with Gasteiger partial charge in [-0.15, -0.1) is 0 Å². The van der Waals surface area contributed by atoms with Crippen LogP contribution in [-0.4, -0.2) is 36.9 Å². The second-order valence-electron chi connectivity index (χ2n) is 6.07. The van der Waals surface area contributed by atoms with Gasteiger partial charge in [-0.05, 0) is 42.7 Å². The third kappa shape index (κ3) is 4.36. The molecule has 0 spiro atoms. The molecule has 1 aromatic heterocycles. The fourth-order valence-electron chi connectivity index (χ4n) is 2.84. The van der Waals surface area contributed by atoms with Crippen molar-refractivity contribution >= 4 is 10.0 Å². The van der Waals surface area contributed by atoms with Gasteiger partial charge in [0.2, 0.25) is 15.9 Å². The Labute approximate surface area is 151 Å². The molecule has 0 saturated carbocycles. The summed E-state index contributed by atoms with van der Waals surface area (Å²) in [7, 11) is -3.47. The molecule has 1 fully saturated rings. The minimum atomic E-state index is -3.47. The van der Waals surface area contributed by atoms with E-state index in [4.69, 9.17) is 10.00 Å². The first-order chi connectivity index (χ1) is 12.5. The smallest absolute Gasteiger partial charge is 0.231 e. The molecule has 1 aliphatic heterocycles. The van der Waals surface area contributed by atoms with E-state index in [1.54, 1.807) is 18.3 Å². The summed E-state index contributed by atoms with van der Waals surface area (Å²) >= 11 is 0. The van der Waals surface area contributed by atoms with E-state index in [-0.39, 0.29) is 17.7 Å². The van der Waals surface area contributed by atoms with Gasteiger partial charge in [-0.1, -0.05) is 12.1 Å². The lowest BCUT2D eigenvalue weighted by Crippen LogP contribution is -2.42. The summed E-state index contributed by atoms with van der Waals surface area (Å²) in [6.45, 7) is 0.672. The summed E-state index contributed by atoms with van der Waals surface area (Å²) in [5, 5.41) is 9.07. The van der Waals surface area contributed by atoms with Crippen LogP contribution in [0.2, 0.25) is 0 Å². The van der Waals surface area contributed by atoms with E-state index >= 15 is 0 Å². The van der Waals surface area contributed by atoms with Crippen LogP contribution < -0.4 is 4.74 Å². The number of aromatic nitrogens is 1. The lowest BCUT2D eigenvalue weighted by atomic mass is 10.1. The van der Waals surface area contributed by atoms with E-state index < -0.39 is 15.8 Å². The summed E-state index contributed by atoms with van der Waals surface area (Å²) in [6.07, 6.45) is 2.40. The number of hydrogen-bond donors (Lipinski definition) is 0. The van der Waals surface area contributed by atoms with E-state index in [1.165, 1.54) is 28.6 Å². The summed E-state index contributed by atoms with van der Waals surface area (Å²) in [6, 6.07) is 10.8. The molecule has 1 saturated heterocycles. The predicted molar refractivity (Wildman–Crippen MR) is 93.2 cm³/mol. The number of ether oxygens (including phenoxy) is 1. The highest BCUT2D eigenvalue weighted by Crippen LogP contribution is 2.22. The molecule has 6 nitrogen and oxygen atoms in total. The molecule has 3 rings (SSSR count). The van der Waals surface area contributed by atoms with Crippen LogP contribution in [0.3, 0.4) is 0 Å². The Morgan fingerprint density at radius 1 is 1.23 bits per heavy atom. The van der Waals surface area contributed by atoms with Crippen LogP contribution in [0, 0.1) is 17.1 Å². The maximum Gasteiger partial charge on any atom is 0.231 e. The van der Waals surface area contributed by atoms with Gasteiger partial charge in [-0.3, -0.25) is 0 Å². The molecule has 0 atom stereocenters. The summed E-state index contributed by atoms with van der Waals surface area (Å²) in [4.78, 5) is 4.07. The molecular weight excluding hydrogens is 357 g/mol. The molecule has 0 unspecified atom stereocenters. The van der Waals surface area contributed by atoms with Crippen LogP contribution in [0.1, 0.15) is 24.0 Å². The topological polar surface area (TPSA) is 83.3 Å². The molecule has 2 aromatic rings. The van der Waals surface area contributed by atoms with Crippen LogP contribution in [0.25, 0.3) is 0 Å². The molecule has 26 heavy (non-hydrogen) atoms. The van der Waals surface area contributed by atoms with Crippen LogP contribution in [0.4, 0.5) is 4.39 Å². The quantitative estimate of drug-likeness (QED) is 0.802. The summed E-state index contributed by atoms with van der Waals surface area (Å²) < 4.78 is 45.2. The monoisotopic (exact) mass is 375 g/mol. The Kier molecular flexibility index (Phi) is 5.49. The summed E-state index contributed by atoms with van der Waals surface area (Å²) in [5.41, 5.74) is 0.913. The van der Waals surface area contributed by atoms with Crippen molar-refractivity contribution in [2.75, 3.05) is 13.1 Å². The van der Waals surface area contributed by atoms with Gasteiger partial charge in [0.15, 0.2) is 0 Å². The lowest BCUT2D eigenvalue weighted by molar-refractivity contribution is 0.129. The van der Waals surface area contributed by atoms with Crippen LogP contribution >= 0.6 is 0 Å². The molecule has 0 amide bonds. The number of sulfonamides is 1. The lowest BCUT2D eigenvalue weighted by Gasteiger charge is -2.31. The highest BCUT2D eigenvalue weighted by molar-refractivity contribution is 7.88. The number of rotatable bonds is 5. The van der Waals surface area contributed by atoms with E-state index in [1.807, 2.05) is 6.07 Å². The molecule has 0 bridgehead atoms. The van der Waals surface area contributed by atoms with E-state index in [9.17, 15) is 12.8 Å². The van der Waals surface area contributed by atoms with Gasteiger partial charge < -0.3 is 4.74 Å². The zero-order valence-corrected chi connectivity index (χ0v) is 14.8. The zero-order valence-electron chi connectivity index (χ0n) is 14.0. The Balaban J connectivity index is 1.59. The first-order valence-corrected chi connectivity index (χ1v) is 9.83. The van der Waals surface area contributed by atoms with Crippen LogP contribution in [0.15, 0.2) is 42.6 Å². The van der Waals surface area contributed by atoms with Gasteiger partial charge in [-0.25, -0.2) is 22.1 Å². The number of piperidine rings is 1. The SMILES string of the molecule is N#Cc1cccnc1OC1CCN(S(=O)(=O)Cc2ccc(F)cc2)CC1. The maximum absolute atomic E-state index is 13.0. The van der Waals surface area contributed by atoms with Crippen molar-refractivity contribution < 1.29 is 17.5 Å². The molecule has 136 valence electrons. The predicted octanol–water partition coefficient (Wildman–Crippen LogP) is 2.47. The van der Waals surface area contributed by atoms with Crippen molar-refractivity contribution in [1.82, 2.24) is 9.29 Å². The summed E-state index contributed by atoms with van der Waals surface area (Å²) in [5.74, 6) is -0.268. The Bertz CT molecular complexity index is 902. The van der Waals surface area contributed by atoms with E-state index in [2.05, 4.69) is 4.98 Å². The number of hydrogen-bond acceptors (Lipinski definition) is 5. The zero-order chi connectivity index (χ0) is 18.6. The van der Waals surface area contributed by atoms with Crippen molar-refractivity contribution in [3.05, 3.63) is 59.5 Å². The second kappa shape index (κ2) is 7.81. The second-order valence-corrected chi connectivity index (χ2v) is 8.04. The minimum absolute atomic E-state index is 0.155. The normalized spacial score (nSPS) is 16.2.